The summed E-state index contributed by atoms with van der Waals surface area (Å²) in [4.78, 5) is 43.6. The molecule has 8 nitrogen and oxygen atoms in total. The van der Waals surface area contributed by atoms with Crippen LogP contribution in [0.3, 0.4) is 0 Å². The van der Waals surface area contributed by atoms with E-state index in [1.807, 2.05) is 0 Å². The number of aliphatic hydroxyl groups is 1. The minimum absolute atomic E-state index is 0.0678. The molecular weight excluding hydrogens is 468 g/mol. The van der Waals surface area contributed by atoms with Crippen LogP contribution in [0.1, 0.15) is 47.3 Å². The fourth-order valence-corrected chi connectivity index (χ4v) is 4.49. The third-order valence-corrected chi connectivity index (χ3v) is 6.36. The first-order chi connectivity index (χ1) is 17.0. The zero-order chi connectivity index (χ0) is 24.9. The zero-order valence-corrected chi connectivity index (χ0v) is 20.1. The lowest BCUT2D eigenvalue weighted by Gasteiger charge is -2.23. The summed E-state index contributed by atoms with van der Waals surface area (Å²) in [7, 11) is 1.29. The van der Waals surface area contributed by atoms with E-state index in [-0.39, 0.29) is 11.3 Å². The summed E-state index contributed by atoms with van der Waals surface area (Å²) in [6.45, 7) is 2.59. The van der Waals surface area contributed by atoms with Gasteiger partial charge in [0.2, 0.25) is 0 Å². The third-order valence-electron chi connectivity index (χ3n) is 5.59. The number of Topliss-reactive ketones (excluding diaryl/α,β-unsaturated/α-hetero) is 1. The quantitative estimate of drug-likeness (QED) is 0.159. The molecular formula is C26H24N2O6S. The predicted molar refractivity (Wildman–Crippen MR) is 132 cm³/mol. The van der Waals surface area contributed by atoms with Crippen molar-refractivity contribution >= 4 is 39.9 Å². The summed E-state index contributed by atoms with van der Waals surface area (Å²) >= 11 is 1.20. The number of aliphatic hydroxyl groups excluding tert-OH is 1. The first-order valence-corrected chi connectivity index (χ1v) is 12.0. The van der Waals surface area contributed by atoms with Crippen LogP contribution in [0.2, 0.25) is 0 Å². The van der Waals surface area contributed by atoms with Crippen molar-refractivity contribution < 1.29 is 29.0 Å². The Balaban J connectivity index is 1.81. The van der Waals surface area contributed by atoms with Crippen LogP contribution in [0.4, 0.5) is 5.13 Å². The summed E-state index contributed by atoms with van der Waals surface area (Å²) in [6.07, 6.45) is 3.40. The highest BCUT2D eigenvalue weighted by atomic mass is 32.1. The van der Waals surface area contributed by atoms with Gasteiger partial charge in [0, 0.05) is 17.1 Å². The molecule has 1 fully saturated rings. The second-order valence-corrected chi connectivity index (χ2v) is 8.70. The van der Waals surface area contributed by atoms with Crippen molar-refractivity contribution in [3.05, 3.63) is 82.4 Å². The first kappa shape index (κ1) is 24.2. The van der Waals surface area contributed by atoms with Gasteiger partial charge in [-0.25, -0.2) is 9.78 Å². The number of nitrogens with zero attached hydrogens (tertiary/aromatic N) is 2. The van der Waals surface area contributed by atoms with E-state index in [2.05, 4.69) is 11.9 Å². The van der Waals surface area contributed by atoms with Crippen LogP contribution < -0.4 is 9.64 Å². The van der Waals surface area contributed by atoms with Gasteiger partial charge in [0.15, 0.2) is 5.13 Å². The van der Waals surface area contributed by atoms with E-state index in [1.165, 1.54) is 29.5 Å². The van der Waals surface area contributed by atoms with E-state index in [0.29, 0.717) is 34.2 Å². The van der Waals surface area contributed by atoms with Crippen molar-refractivity contribution in [2.45, 2.75) is 25.8 Å². The Labute approximate surface area is 206 Å². The van der Waals surface area contributed by atoms with Crippen LogP contribution in [0, 0.1) is 0 Å². The number of carbonyl (C=O) groups excluding carboxylic acids is 3. The molecule has 35 heavy (non-hydrogen) atoms. The van der Waals surface area contributed by atoms with Crippen LogP contribution >= 0.6 is 11.3 Å². The van der Waals surface area contributed by atoms with Gasteiger partial charge < -0.3 is 14.6 Å². The van der Waals surface area contributed by atoms with Gasteiger partial charge in [0.1, 0.15) is 11.5 Å². The number of esters is 1. The maximum absolute atomic E-state index is 13.2. The second-order valence-electron chi connectivity index (χ2n) is 7.83. The molecule has 1 aromatic heterocycles. The van der Waals surface area contributed by atoms with Gasteiger partial charge >= 0.3 is 11.9 Å². The van der Waals surface area contributed by atoms with Gasteiger partial charge in [0.05, 0.1) is 30.9 Å². The number of amides is 1. The molecule has 1 amide bonds. The lowest BCUT2D eigenvalue weighted by molar-refractivity contribution is -0.132. The lowest BCUT2D eigenvalue weighted by Crippen LogP contribution is -2.29. The number of anilines is 1. The van der Waals surface area contributed by atoms with E-state index in [9.17, 15) is 19.5 Å². The van der Waals surface area contributed by atoms with Crippen LogP contribution in [-0.4, -0.2) is 41.5 Å². The Morgan fingerprint density at radius 2 is 1.91 bits per heavy atom. The molecule has 1 aliphatic rings. The highest BCUT2D eigenvalue weighted by Crippen LogP contribution is 2.43. The van der Waals surface area contributed by atoms with Gasteiger partial charge in [-0.2, -0.15) is 0 Å². The number of methoxy groups -OCH3 is 1. The fraction of sp³-hybridized carbons (Fsp3) is 0.231. The van der Waals surface area contributed by atoms with E-state index >= 15 is 0 Å². The third kappa shape index (κ3) is 4.81. The lowest BCUT2D eigenvalue weighted by atomic mass is 9.94. The number of carbonyl (C=O) groups is 3. The predicted octanol–water partition coefficient (Wildman–Crippen LogP) is 4.73. The molecule has 180 valence electrons. The van der Waals surface area contributed by atoms with Gasteiger partial charge in [-0.3, -0.25) is 14.5 Å². The normalized spacial score (nSPS) is 17.0. The number of hydrogen-bond donors (Lipinski definition) is 1. The first-order valence-electron chi connectivity index (χ1n) is 11.1. The van der Waals surface area contributed by atoms with Gasteiger partial charge in [-0.15, -0.1) is 11.3 Å². The molecule has 1 N–H and O–H groups in total. The van der Waals surface area contributed by atoms with Crippen LogP contribution in [-0.2, 0) is 14.3 Å². The fourth-order valence-electron chi connectivity index (χ4n) is 3.82. The number of benzene rings is 2. The molecule has 9 heteroatoms. The Bertz CT molecular complexity index is 1270. The van der Waals surface area contributed by atoms with Crippen molar-refractivity contribution in [3.63, 3.8) is 0 Å². The number of unbranched alkanes of at least 4 members (excludes halogenated alkanes) is 1. The van der Waals surface area contributed by atoms with E-state index in [0.717, 1.165) is 12.8 Å². The van der Waals surface area contributed by atoms with Crippen molar-refractivity contribution in [3.8, 4) is 5.75 Å². The van der Waals surface area contributed by atoms with E-state index in [4.69, 9.17) is 9.47 Å². The number of aromatic nitrogens is 1. The second kappa shape index (κ2) is 10.5. The number of rotatable bonds is 8. The molecule has 0 radical (unpaired) electrons. The number of hydrogen-bond acceptors (Lipinski definition) is 8. The Kier molecular flexibility index (Phi) is 7.26. The van der Waals surface area contributed by atoms with Gasteiger partial charge in [-0.1, -0.05) is 37.6 Å². The summed E-state index contributed by atoms with van der Waals surface area (Å²) in [5.41, 5.74) is 1.14. The monoisotopic (exact) mass is 492 g/mol. The highest BCUT2D eigenvalue weighted by Gasteiger charge is 2.48. The molecule has 0 aliphatic carbocycles. The van der Waals surface area contributed by atoms with Crippen molar-refractivity contribution in [1.29, 1.82) is 0 Å². The highest BCUT2D eigenvalue weighted by molar-refractivity contribution is 7.14. The van der Waals surface area contributed by atoms with E-state index in [1.54, 1.807) is 53.9 Å². The molecule has 1 aliphatic heterocycles. The summed E-state index contributed by atoms with van der Waals surface area (Å²) in [5, 5.41) is 13.3. The molecule has 1 atom stereocenters. The SMILES string of the molecule is CCCCOc1cccc(/C(O)=C2\C(=O)C(=O)N(c3nccs3)C2c2ccc(C(=O)OC)cc2)c1. The Morgan fingerprint density at radius 1 is 1.14 bits per heavy atom. The van der Waals surface area contributed by atoms with Crippen molar-refractivity contribution in [2.75, 3.05) is 18.6 Å². The topological polar surface area (TPSA) is 106 Å². The summed E-state index contributed by atoms with van der Waals surface area (Å²) < 4.78 is 10.5. The Hall–Kier alpha value is -3.98. The molecule has 2 heterocycles. The van der Waals surface area contributed by atoms with Crippen LogP contribution in [0.5, 0.6) is 5.75 Å². The maximum Gasteiger partial charge on any atom is 0.337 e. The average Bonchev–Trinajstić information content (AvgIpc) is 3.50. The van der Waals surface area contributed by atoms with Crippen LogP contribution in [0.15, 0.2) is 65.7 Å². The summed E-state index contributed by atoms with van der Waals surface area (Å²) in [5.74, 6) is -1.89. The zero-order valence-electron chi connectivity index (χ0n) is 19.3. The molecule has 1 saturated heterocycles. The average molecular weight is 493 g/mol. The number of ether oxygens (including phenoxy) is 2. The van der Waals surface area contributed by atoms with Gasteiger partial charge in [0.25, 0.3) is 5.78 Å². The standard InChI is InChI=1S/C26H24N2O6S/c1-3-4-13-34-19-7-5-6-18(15-19)22(29)20-21(16-8-10-17(11-9-16)25(32)33-2)28(24(31)23(20)30)26-27-12-14-35-26/h5-12,14-15,21,29H,3-4,13H2,1-2H3/b22-20+. The molecule has 2 aromatic carbocycles. The van der Waals surface area contributed by atoms with Crippen molar-refractivity contribution in [1.82, 2.24) is 4.98 Å². The van der Waals surface area contributed by atoms with Crippen LogP contribution in [0.25, 0.3) is 5.76 Å². The smallest absolute Gasteiger partial charge is 0.337 e. The number of ketones is 1. The molecule has 4 rings (SSSR count). The largest absolute Gasteiger partial charge is 0.507 e. The van der Waals surface area contributed by atoms with E-state index < -0.39 is 23.7 Å². The number of thiazole rings is 1. The molecule has 0 spiro atoms. The molecule has 3 aromatic rings. The minimum atomic E-state index is -0.933. The van der Waals surface area contributed by atoms with Crippen molar-refractivity contribution in [2.24, 2.45) is 0 Å². The minimum Gasteiger partial charge on any atom is -0.507 e. The molecule has 0 saturated carbocycles. The molecule has 0 bridgehead atoms. The maximum atomic E-state index is 13.2. The Morgan fingerprint density at radius 3 is 2.57 bits per heavy atom. The van der Waals surface area contributed by atoms with Gasteiger partial charge in [-0.05, 0) is 36.2 Å². The molecule has 1 unspecified atom stereocenters. The summed E-state index contributed by atoms with van der Waals surface area (Å²) in [6, 6.07) is 12.2.